The molecule has 5 nitrogen and oxygen atoms in total. The number of benzene rings is 2. The monoisotopic (exact) mass is 364 g/mol. The van der Waals surface area contributed by atoms with Gasteiger partial charge < -0.3 is 14.1 Å². The van der Waals surface area contributed by atoms with Crippen LogP contribution in [0.1, 0.15) is 31.9 Å². The number of hydrogen-bond donors (Lipinski definition) is 0. The van der Waals surface area contributed by atoms with Crippen LogP contribution in [0.5, 0.6) is 5.75 Å². The molecule has 0 amide bonds. The van der Waals surface area contributed by atoms with Gasteiger partial charge in [0.1, 0.15) is 11.2 Å². The number of nitrogens with zero attached hydrogens (tertiary/aromatic N) is 2. The Morgan fingerprint density at radius 2 is 2.07 bits per heavy atom. The molecule has 0 aromatic heterocycles. The van der Waals surface area contributed by atoms with E-state index in [4.69, 9.17) is 14.1 Å². The van der Waals surface area contributed by atoms with Gasteiger partial charge in [-0.05, 0) is 43.9 Å². The molecule has 3 aliphatic rings. The summed E-state index contributed by atoms with van der Waals surface area (Å²) >= 11 is 0. The molecule has 5 heteroatoms. The number of methoxy groups -OCH3 is 1. The van der Waals surface area contributed by atoms with Gasteiger partial charge in [-0.1, -0.05) is 19.1 Å². The highest BCUT2D eigenvalue weighted by Crippen LogP contribution is 2.38. The third-order valence-electron chi connectivity index (χ3n) is 5.32. The summed E-state index contributed by atoms with van der Waals surface area (Å²) in [7, 11) is 1.50. The number of allylic oxidation sites excluding steroid dienone is 1. The Morgan fingerprint density at radius 1 is 1.30 bits per heavy atom. The lowest BCUT2D eigenvalue weighted by Crippen LogP contribution is -2.21. The zero-order valence-electron chi connectivity index (χ0n) is 16.2. The summed E-state index contributed by atoms with van der Waals surface area (Å²) in [6.45, 7) is 8.20. The molecule has 1 heterocycles. The van der Waals surface area contributed by atoms with E-state index >= 15 is 0 Å². The van der Waals surface area contributed by atoms with Gasteiger partial charge in [-0.15, -0.1) is 0 Å². The van der Waals surface area contributed by atoms with Crippen LogP contribution in [0.25, 0.3) is 28.6 Å². The summed E-state index contributed by atoms with van der Waals surface area (Å²) in [4.78, 5) is 20.0. The van der Waals surface area contributed by atoms with E-state index in [9.17, 15) is 4.79 Å². The minimum atomic E-state index is -0.132. The zero-order valence-corrected chi connectivity index (χ0v) is 16.2. The van der Waals surface area contributed by atoms with Gasteiger partial charge in [0, 0.05) is 30.4 Å². The van der Waals surface area contributed by atoms with Gasteiger partial charge >= 0.3 is 0 Å². The Kier molecular flexibility index (Phi) is 4.38. The number of aromatic nitrogens is 1. The van der Waals surface area contributed by atoms with Gasteiger partial charge in [-0.2, -0.15) is 0 Å². The minimum Gasteiger partial charge on any atom is -0.490 e. The van der Waals surface area contributed by atoms with E-state index in [1.807, 2.05) is 18.2 Å². The molecule has 1 unspecified atom stereocenters. The molecular weight excluding hydrogens is 340 g/mol. The lowest BCUT2D eigenvalue weighted by atomic mass is 9.87. The Hall–Kier alpha value is -2.82. The van der Waals surface area contributed by atoms with Crippen molar-refractivity contribution < 1.29 is 9.15 Å². The van der Waals surface area contributed by atoms with Crippen molar-refractivity contribution in [2.75, 3.05) is 25.1 Å². The molecule has 140 valence electrons. The Morgan fingerprint density at radius 3 is 2.78 bits per heavy atom. The number of anilines is 1. The molecule has 1 aromatic carbocycles. The lowest BCUT2D eigenvalue weighted by Gasteiger charge is -2.23. The van der Waals surface area contributed by atoms with Crippen LogP contribution in [0.4, 0.5) is 5.69 Å². The number of ether oxygens (including phenoxy) is 1. The first-order valence-electron chi connectivity index (χ1n) is 9.47. The SMILES string of the molecule is CCN(CC)c1ccc2nc3c4c(c(=O)c(OC)c-3oc2c1)C=CC(C)C4. The molecule has 2 aliphatic carbocycles. The largest absolute Gasteiger partial charge is 0.490 e. The third-order valence-corrected chi connectivity index (χ3v) is 5.32. The fourth-order valence-electron chi connectivity index (χ4n) is 3.86. The van der Waals surface area contributed by atoms with Crippen molar-refractivity contribution in [2.24, 2.45) is 5.92 Å². The average Bonchev–Trinajstić information content (AvgIpc) is 2.68. The third kappa shape index (κ3) is 2.78. The Balaban J connectivity index is 2.03. The van der Waals surface area contributed by atoms with Crippen LogP contribution in [-0.2, 0) is 6.42 Å². The van der Waals surface area contributed by atoms with E-state index < -0.39 is 0 Å². The van der Waals surface area contributed by atoms with Crippen molar-refractivity contribution in [1.29, 1.82) is 0 Å². The highest BCUT2D eigenvalue weighted by atomic mass is 16.5. The van der Waals surface area contributed by atoms with Gasteiger partial charge in [0.05, 0.1) is 7.11 Å². The molecule has 0 spiro atoms. The lowest BCUT2D eigenvalue weighted by molar-refractivity contribution is 0.398. The Bertz CT molecular complexity index is 1060. The molecule has 1 aliphatic heterocycles. The summed E-state index contributed by atoms with van der Waals surface area (Å²) in [5, 5.41) is 0. The minimum absolute atomic E-state index is 0.132. The molecular formula is C22H24N2O3. The zero-order chi connectivity index (χ0) is 19.1. The van der Waals surface area contributed by atoms with Crippen LogP contribution in [-0.4, -0.2) is 25.2 Å². The summed E-state index contributed by atoms with van der Waals surface area (Å²) in [5.74, 6) is 1.02. The fraction of sp³-hybridized carbons (Fsp3) is 0.364. The van der Waals surface area contributed by atoms with E-state index in [0.717, 1.165) is 42.0 Å². The second-order valence-corrected chi connectivity index (χ2v) is 7.01. The van der Waals surface area contributed by atoms with Gasteiger partial charge in [0.25, 0.3) is 0 Å². The van der Waals surface area contributed by atoms with E-state index in [-0.39, 0.29) is 11.2 Å². The summed E-state index contributed by atoms with van der Waals surface area (Å²) in [6, 6.07) is 6.04. The van der Waals surface area contributed by atoms with Crippen molar-refractivity contribution in [1.82, 2.24) is 4.98 Å². The maximum Gasteiger partial charge on any atom is 0.231 e. The first-order valence-corrected chi connectivity index (χ1v) is 9.47. The molecule has 27 heavy (non-hydrogen) atoms. The van der Waals surface area contributed by atoms with Crippen molar-refractivity contribution >= 4 is 22.9 Å². The standard InChI is InChI=1S/C22H24N2O3/c1-5-24(6-2)14-8-10-17-18(12-14)27-21-19(23-17)16-11-13(3)7-9-15(16)20(25)22(21)26-4/h7-10,12-13H,5-6,11H2,1-4H3. The van der Waals surface area contributed by atoms with Crippen LogP contribution in [0.3, 0.4) is 0 Å². The molecule has 0 saturated carbocycles. The number of rotatable bonds is 4. The second kappa shape index (κ2) is 6.72. The highest BCUT2D eigenvalue weighted by molar-refractivity contribution is 5.84. The van der Waals surface area contributed by atoms with Gasteiger partial charge in [0.15, 0.2) is 11.3 Å². The molecule has 0 fully saturated rings. The predicted octanol–water partition coefficient (Wildman–Crippen LogP) is 4.35. The topological polar surface area (TPSA) is 55.6 Å². The number of fused-ring (bicyclic) bond motifs is 4. The smallest absolute Gasteiger partial charge is 0.231 e. The first kappa shape index (κ1) is 17.6. The summed E-state index contributed by atoms with van der Waals surface area (Å²) in [5.41, 5.74) is 4.72. The van der Waals surface area contributed by atoms with Gasteiger partial charge in [-0.25, -0.2) is 4.98 Å². The van der Waals surface area contributed by atoms with Crippen molar-refractivity contribution in [2.45, 2.75) is 27.2 Å². The molecule has 0 bridgehead atoms. The van der Waals surface area contributed by atoms with Crippen LogP contribution in [0, 0.1) is 5.92 Å². The second-order valence-electron chi connectivity index (χ2n) is 7.01. The van der Waals surface area contributed by atoms with Gasteiger partial charge in [0.2, 0.25) is 11.2 Å². The molecule has 0 radical (unpaired) electrons. The Labute approximate surface area is 158 Å². The predicted molar refractivity (Wildman–Crippen MR) is 109 cm³/mol. The maximum absolute atomic E-state index is 12.9. The van der Waals surface area contributed by atoms with E-state index in [2.05, 4.69) is 37.8 Å². The van der Waals surface area contributed by atoms with Crippen LogP contribution in [0.2, 0.25) is 0 Å². The van der Waals surface area contributed by atoms with Crippen LogP contribution in [0.15, 0.2) is 33.5 Å². The quantitative estimate of drug-likeness (QED) is 0.644. The van der Waals surface area contributed by atoms with E-state index in [1.165, 1.54) is 7.11 Å². The van der Waals surface area contributed by atoms with Crippen LogP contribution >= 0.6 is 0 Å². The van der Waals surface area contributed by atoms with Crippen molar-refractivity contribution in [3.05, 3.63) is 45.6 Å². The van der Waals surface area contributed by atoms with E-state index in [0.29, 0.717) is 22.8 Å². The van der Waals surface area contributed by atoms with Crippen molar-refractivity contribution in [3.63, 3.8) is 0 Å². The summed E-state index contributed by atoms with van der Waals surface area (Å²) in [6.07, 6.45) is 4.72. The van der Waals surface area contributed by atoms with Crippen molar-refractivity contribution in [3.8, 4) is 17.2 Å². The maximum atomic E-state index is 12.9. The fourth-order valence-corrected chi connectivity index (χ4v) is 3.86. The van der Waals surface area contributed by atoms with Crippen LogP contribution < -0.4 is 15.1 Å². The molecule has 1 atom stereocenters. The molecule has 0 saturated heterocycles. The highest BCUT2D eigenvalue weighted by Gasteiger charge is 2.28. The molecule has 0 N–H and O–H groups in total. The first-order chi connectivity index (χ1) is 13.1. The van der Waals surface area contributed by atoms with E-state index in [1.54, 1.807) is 0 Å². The van der Waals surface area contributed by atoms with Gasteiger partial charge in [-0.3, -0.25) is 4.79 Å². The average molecular weight is 364 g/mol. The molecule has 1 aromatic rings. The summed E-state index contributed by atoms with van der Waals surface area (Å²) < 4.78 is 11.6. The molecule has 4 rings (SSSR count). The normalized spacial score (nSPS) is 15.9. The number of hydrogen-bond acceptors (Lipinski definition) is 5.